The predicted octanol–water partition coefficient (Wildman–Crippen LogP) is 2.27. The maximum Gasteiger partial charge on any atom is 0.242 e. The highest BCUT2D eigenvalue weighted by molar-refractivity contribution is 5.87. The molecule has 3 heterocycles. The topological polar surface area (TPSA) is 75.9 Å². The Bertz CT molecular complexity index is 728. The Labute approximate surface area is 147 Å². The van der Waals surface area contributed by atoms with Gasteiger partial charge in [0.15, 0.2) is 5.65 Å². The summed E-state index contributed by atoms with van der Waals surface area (Å²) in [5, 5.41) is 8.47. The number of anilines is 1. The molecule has 2 fully saturated rings. The molecule has 0 unspecified atom stereocenters. The summed E-state index contributed by atoms with van der Waals surface area (Å²) in [7, 11) is 0. The van der Waals surface area contributed by atoms with Crippen molar-refractivity contribution >= 4 is 22.8 Å². The van der Waals surface area contributed by atoms with E-state index in [0.29, 0.717) is 6.04 Å². The second-order valence-corrected chi connectivity index (χ2v) is 7.19. The lowest BCUT2D eigenvalue weighted by Crippen LogP contribution is -2.35. The molecule has 1 aliphatic heterocycles. The average Bonchev–Trinajstić information content (AvgIpc) is 3.18. The van der Waals surface area contributed by atoms with E-state index < -0.39 is 0 Å². The number of carbonyl (C=O) groups is 1. The number of nitrogens with one attached hydrogen (secondary N) is 1. The average molecular weight is 342 g/mol. The van der Waals surface area contributed by atoms with E-state index in [1.807, 2.05) is 0 Å². The van der Waals surface area contributed by atoms with E-state index in [4.69, 9.17) is 0 Å². The van der Waals surface area contributed by atoms with Crippen molar-refractivity contribution in [2.75, 3.05) is 18.0 Å². The molecule has 1 amide bonds. The number of amides is 1. The van der Waals surface area contributed by atoms with Crippen LogP contribution < -0.4 is 10.2 Å². The first-order valence-corrected chi connectivity index (χ1v) is 9.52. The first-order valence-electron chi connectivity index (χ1n) is 9.52. The fourth-order valence-corrected chi connectivity index (χ4v) is 4.01. The van der Waals surface area contributed by atoms with Crippen molar-refractivity contribution in [2.24, 2.45) is 0 Å². The normalized spacial score (nSPS) is 19.3. The van der Waals surface area contributed by atoms with Crippen molar-refractivity contribution in [1.29, 1.82) is 0 Å². The molecule has 4 rings (SSSR count). The molecule has 0 aromatic carbocycles. The van der Waals surface area contributed by atoms with Gasteiger partial charge in [-0.25, -0.2) is 14.6 Å². The summed E-state index contributed by atoms with van der Waals surface area (Å²) in [5.74, 6) is 0.973. The molecule has 1 saturated carbocycles. The van der Waals surface area contributed by atoms with E-state index in [9.17, 15) is 4.79 Å². The third-order valence-corrected chi connectivity index (χ3v) is 5.33. The molecule has 1 saturated heterocycles. The summed E-state index contributed by atoms with van der Waals surface area (Å²) in [6.45, 7) is 2.27. The zero-order valence-corrected chi connectivity index (χ0v) is 14.7. The van der Waals surface area contributed by atoms with Crippen molar-refractivity contribution in [3.63, 3.8) is 0 Å². The van der Waals surface area contributed by atoms with Crippen LogP contribution in [0.4, 0.5) is 5.82 Å². The van der Waals surface area contributed by atoms with Gasteiger partial charge < -0.3 is 10.2 Å². The number of nitrogens with zero attached hydrogens (tertiary/aromatic N) is 5. The third kappa shape index (κ3) is 3.60. The van der Waals surface area contributed by atoms with Crippen molar-refractivity contribution in [3.8, 4) is 0 Å². The van der Waals surface area contributed by atoms with Crippen LogP contribution in [0.2, 0.25) is 0 Å². The Morgan fingerprint density at radius 3 is 2.60 bits per heavy atom. The summed E-state index contributed by atoms with van der Waals surface area (Å²) in [4.78, 5) is 23.5. The van der Waals surface area contributed by atoms with Gasteiger partial charge in [0.2, 0.25) is 5.91 Å². The summed E-state index contributed by atoms with van der Waals surface area (Å²) < 4.78 is 1.70. The maximum absolute atomic E-state index is 12.3. The highest BCUT2D eigenvalue weighted by atomic mass is 16.2. The van der Waals surface area contributed by atoms with E-state index in [2.05, 4.69) is 25.3 Å². The Hall–Kier alpha value is -2.18. The van der Waals surface area contributed by atoms with E-state index in [1.54, 1.807) is 17.2 Å². The second kappa shape index (κ2) is 7.37. The van der Waals surface area contributed by atoms with Crippen LogP contribution in [0, 0.1) is 0 Å². The van der Waals surface area contributed by atoms with Gasteiger partial charge in [-0.1, -0.05) is 25.7 Å². The predicted molar refractivity (Wildman–Crippen MR) is 96.4 cm³/mol. The first-order chi connectivity index (χ1) is 12.3. The molecule has 0 radical (unpaired) electrons. The minimum atomic E-state index is 0.0202. The summed E-state index contributed by atoms with van der Waals surface area (Å²) in [5.41, 5.74) is 0.746. The van der Waals surface area contributed by atoms with Crippen LogP contribution in [0.5, 0.6) is 0 Å². The maximum atomic E-state index is 12.3. The standard InChI is InChI=1S/C18H26N6O/c25-16(22-14-7-3-4-8-14)12-24-18-15(11-21-24)17(19-13-20-18)23-9-5-1-2-6-10-23/h11,13-14H,1-10,12H2,(H,22,25). The molecule has 25 heavy (non-hydrogen) atoms. The van der Waals surface area contributed by atoms with Gasteiger partial charge in [0.05, 0.1) is 11.6 Å². The number of aromatic nitrogens is 4. The number of fused-ring (bicyclic) bond motifs is 1. The summed E-state index contributed by atoms with van der Waals surface area (Å²) in [6, 6.07) is 0.330. The van der Waals surface area contributed by atoms with Crippen LogP contribution in [0.15, 0.2) is 12.5 Å². The van der Waals surface area contributed by atoms with Gasteiger partial charge in [-0.05, 0) is 25.7 Å². The second-order valence-electron chi connectivity index (χ2n) is 7.19. The number of carbonyl (C=O) groups excluding carboxylic acids is 1. The van der Waals surface area contributed by atoms with E-state index in [1.165, 1.54) is 38.5 Å². The molecule has 2 aromatic rings. The fourth-order valence-electron chi connectivity index (χ4n) is 4.01. The Kier molecular flexibility index (Phi) is 4.81. The van der Waals surface area contributed by atoms with Crippen molar-refractivity contribution in [2.45, 2.75) is 64.0 Å². The summed E-state index contributed by atoms with van der Waals surface area (Å²) in [6.07, 6.45) is 13.0. The van der Waals surface area contributed by atoms with Crippen molar-refractivity contribution in [1.82, 2.24) is 25.1 Å². The molecular weight excluding hydrogens is 316 g/mol. The molecule has 2 aromatic heterocycles. The highest BCUT2D eigenvalue weighted by Crippen LogP contribution is 2.25. The number of hydrogen-bond acceptors (Lipinski definition) is 5. The van der Waals surface area contributed by atoms with E-state index >= 15 is 0 Å². The van der Waals surface area contributed by atoms with Gasteiger partial charge in [0.25, 0.3) is 0 Å². The van der Waals surface area contributed by atoms with Gasteiger partial charge >= 0.3 is 0 Å². The minimum absolute atomic E-state index is 0.0202. The molecule has 134 valence electrons. The van der Waals surface area contributed by atoms with Crippen LogP contribution in [0.1, 0.15) is 51.4 Å². The lowest BCUT2D eigenvalue weighted by Gasteiger charge is -2.21. The van der Waals surface area contributed by atoms with Gasteiger partial charge in [-0.3, -0.25) is 4.79 Å². The number of rotatable bonds is 4. The van der Waals surface area contributed by atoms with E-state index in [-0.39, 0.29) is 12.5 Å². The first kappa shape index (κ1) is 16.3. The van der Waals surface area contributed by atoms with Crippen LogP contribution in [-0.2, 0) is 11.3 Å². The van der Waals surface area contributed by atoms with Crippen molar-refractivity contribution in [3.05, 3.63) is 12.5 Å². The Balaban J connectivity index is 1.52. The molecule has 7 heteroatoms. The molecule has 1 N–H and O–H groups in total. The monoisotopic (exact) mass is 342 g/mol. The molecule has 2 aliphatic rings. The molecule has 0 spiro atoms. The lowest BCUT2D eigenvalue weighted by molar-refractivity contribution is -0.122. The fraction of sp³-hybridized carbons (Fsp3) is 0.667. The van der Waals surface area contributed by atoms with Crippen LogP contribution in [0.3, 0.4) is 0 Å². The smallest absolute Gasteiger partial charge is 0.242 e. The summed E-state index contributed by atoms with van der Waals surface area (Å²) >= 11 is 0. The van der Waals surface area contributed by atoms with Gasteiger partial charge in [0.1, 0.15) is 18.7 Å². The molecule has 0 atom stereocenters. The third-order valence-electron chi connectivity index (χ3n) is 5.33. The number of hydrogen-bond donors (Lipinski definition) is 1. The van der Waals surface area contributed by atoms with Gasteiger partial charge in [-0.15, -0.1) is 0 Å². The largest absolute Gasteiger partial charge is 0.356 e. The van der Waals surface area contributed by atoms with Gasteiger partial charge in [0, 0.05) is 19.1 Å². The minimum Gasteiger partial charge on any atom is -0.356 e. The van der Waals surface area contributed by atoms with E-state index in [0.717, 1.165) is 42.8 Å². The Morgan fingerprint density at radius 1 is 1.08 bits per heavy atom. The van der Waals surface area contributed by atoms with Crippen LogP contribution in [-0.4, -0.2) is 44.8 Å². The molecule has 1 aliphatic carbocycles. The van der Waals surface area contributed by atoms with Crippen LogP contribution >= 0.6 is 0 Å². The molecule has 0 bridgehead atoms. The van der Waals surface area contributed by atoms with Crippen LogP contribution in [0.25, 0.3) is 11.0 Å². The Morgan fingerprint density at radius 2 is 1.84 bits per heavy atom. The zero-order valence-electron chi connectivity index (χ0n) is 14.7. The molecular formula is C18H26N6O. The quantitative estimate of drug-likeness (QED) is 0.922. The highest BCUT2D eigenvalue weighted by Gasteiger charge is 2.20. The van der Waals surface area contributed by atoms with Gasteiger partial charge in [-0.2, -0.15) is 5.10 Å². The zero-order chi connectivity index (χ0) is 17.1. The van der Waals surface area contributed by atoms with Crippen molar-refractivity contribution < 1.29 is 4.79 Å². The SMILES string of the molecule is O=C(Cn1ncc2c(N3CCCCCC3)ncnc21)NC1CCCC1. The molecule has 7 nitrogen and oxygen atoms in total. The lowest BCUT2D eigenvalue weighted by atomic mass is 10.2.